The molecular weight excluding hydrogens is 384 g/mol. The van der Waals surface area contributed by atoms with Crippen LogP contribution in [-0.2, 0) is 11.2 Å². The Hall–Kier alpha value is -3.48. The zero-order valence-corrected chi connectivity index (χ0v) is 16.3. The molecule has 154 valence electrons. The number of carboxylic acid groups (broad SMARTS) is 1. The lowest BCUT2D eigenvalue weighted by Gasteiger charge is -2.29. The van der Waals surface area contributed by atoms with E-state index < -0.39 is 11.9 Å². The van der Waals surface area contributed by atoms with Crippen LogP contribution in [-0.4, -0.2) is 34.6 Å². The summed E-state index contributed by atoms with van der Waals surface area (Å²) in [6.45, 7) is 0. The van der Waals surface area contributed by atoms with Crippen LogP contribution in [0.25, 0.3) is 0 Å². The summed E-state index contributed by atoms with van der Waals surface area (Å²) in [7, 11) is 0. The summed E-state index contributed by atoms with van der Waals surface area (Å²) in [5, 5.41) is 13.4. The Labute approximate surface area is 173 Å². The van der Waals surface area contributed by atoms with E-state index in [9.17, 15) is 24.3 Å². The first-order chi connectivity index (χ1) is 14.4. The summed E-state index contributed by atoms with van der Waals surface area (Å²) in [6, 6.07) is 10.9. The number of hydrogen-bond acceptors (Lipinski definition) is 5. The fourth-order valence-electron chi connectivity index (χ4n) is 4.15. The molecule has 1 heterocycles. The summed E-state index contributed by atoms with van der Waals surface area (Å²) in [6.07, 6.45) is 4.59. The first-order valence-electron chi connectivity index (χ1n) is 10.1. The Kier molecular flexibility index (Phi) is 5.35. The molecule has 0 bridgehead atoms. The van der Waals surface area contributed by atoms with Gasteiger partial charge in [-0.05, 0) is 48.7 Å². The van der Waals surface area contributed by atoms with E-state index in [2.05, 4.69) is 5.32 Å². The number of benzene rings is 2. The molecule has 4 rings (SSSR count). The fourth-order valence-corrected chi connectivity index (χ4v) is 4.15. The molecule has 7 nitrogen and oxygen atoms in total. The number of imide groups is 1. The number of rotatable bonds is 5. The first-order valence-corrected chi connectivity index (χ1v) is 10.1. The molecule has 0 aromatic heterocycles. The number of carboxylic acids is 1. The van der Waals surface area contributed by atoms with Crippen LogP contribution in [0, 0.1) is 0 Å². The molecule has 30 heavy (non-hydrogen) atoms. The van der Waals surface area contributed by atoms with Crippen molar-refractivity contribution < 1.29 is 24.3 Å². The SMILES string of the molecule is O=C([O-])Cc1ccc(NC(=O)c2ccc3c(c2)C(=O)N(C2CCCCC2)C3=O)cc1. The van der Waals surface area contributed by atoms with Crippen LogP contribution in [0.3, 0.4) is 0 Å². The lowest BCUT2D eigenvalue weighted by Crippen LogP contribution is -2.40. The van der Waals surface area contributed by atoms with Gasteiger partial charge in [-0.25, -0.2) is 0 Å². The van der Waals surface area contributed by atoms with Gasteiger partial charge in [0.25, 0.3) is 17.7 Å². The summed E-state index contributed by atoms with van der Waals surface area (Å²) < 4.78 is 0. The van der Waals surface area contributed by atoms with Crippen LogP contribution >= 0.6 is 0 Å². The molecule has 0 atom stereocenters. The van der Waals surface area contributed by atoms with Crippen molar-refractivity contribution in [3.63, 3.8) is 0 Å². The van der Waals surface area contributed by atoms with Gasteiger partial charge in [0.1, 0.15) is 0 Å². The third-order valence-corrected chi connectivity index (χ3v) is 5.68. The van der Waals surface area contributed by atoms with Crippen molar-refractivity contribution in [3.05, 3.63) is 64.7 Å². The van der Waals surface area contributed by atoms with Crippen LogP contribution in [0.1, 0.15) is 68.7 Å². The molecule has 1 aliphatic heterocycles. The van der Waals surface area contributed by atoms with Gasteiger partial charge in [-0.15, -0.1) is 0 Å². The molecule has 1 N–H and O–H groups in total. The van der Waals surface area contributed by atoms with E-state index in [1.807, 2.05) is 0 Å². The second kappa shape index (κ2) is 8.10. The van der Waals surface area contributed by atoms with Crippen LogP contribution in [0.15, 0.2) is 42.5 Å². The van der Waals surface area contributed by atoms with E-state index in [-0.39, 0.29) is 35.4 Å². The number of aliphatic carboxylic acids is 1. The molecule has 0 saturated heterocycles. The second-order valence-electron chi connectivity index (χ2n) is 7.73. The lowest BCUT2D eigenvalue weighted by molar-refractivity contribution is -0.304. The van der Waals surface area contributed by atoms with Crippen LogP contribution in [0.2, 0.25) is 0 Å². The zero-order chi connectivity index (χ0) is 21.3. The molecule has 0 unspecified atom stereocenters. The predicted molar refractivity (Wildman–Crippen MR) is 107 cm³/mol. The third-order valence-electron chi connectivity index (χ3n) is 5.68. The van der Waals surface area contributed by atoms with Gasteiger partial charge in [0.2, 0.25) is 0 Å². The Morgan fingerprint density at radius 3 is 2.27 bits per heavy atom. The molecular formula is C23H21N2O5-. The number of hydrogen-bond donors (Lipinski definition) is 1. The van der Waals surface area contributed by atoms with Gasteiger partial charge >= 0.3 is 0 Å². The Morgan fingerprint density at radius 1 is 0.933 bits per heavy atom. The first kappa shape index (κ1) is 19.8. The average Bonchev–Trinajstić information content (AvgIpc) is 2.99. The largest absolute Gasteiger partial charge is 0.550 e. The summed E-state index contributed by atoms with van der Waals surface area (Å²) in [5.41, 5.74) is 1.95. The Bertz CT molecular complexity index is 1020. The predicted octanol–water partition coefficient (Wildman–Crippen LogP) is 2.16. The number of amides is 3. The quantitative estimate of drug-likeness (QED) is 0.767. The van der Waals surface area contributed by atoms with E-state index in [4.69, 9.17) is 0 Å². The van der Waals surface area contributed by atoms with Crippen molar-refractivity contribution in [3.8, 4) is 0 Å². The fraction of sp³-hybridized carbons (Fsp3) is 0.304. The van der Waals surface area contributed by atoms with E-state index >= 15 is 0 Å². The summed E-state index contributed by atoms with van der Waals surface area (Å²) >= 11 is 0. The summed E-state index contributed by atoms with van der Waals surface area (Å²) in [4.78, 5) is 50.3. The normalized spacial score (nSPS) is 16.5. The van der Waals surface area contributed by atoms with Gasteiger partial charge in [-0.2, -0.15) is 0 Å². The maximum atomic E-state index is 12.9. The highest BCUT2D eigenvalue weighted by molar-refractivity contribution is 6.22. The van der Waals surface area contributed by atoms with Crippen LogP contribution < -0.4 is 10.4 Å². The van der Waals surface area contributed by atoms with Gasteiger partial charge < -0.3 is 15.2 Å². The number of nitrogens with one attached hydrogen (secondary N) is 1. The van der Waals surface area contributed by atoms with Crippen molar-refractivity contribution in [1.29, 1.82) is 0 Å². The smallest absolute Gasteiger partial charge is 0.261 e. The van der Waals surface area contributed by atoms with E-state index in [0.29, 0.717) is 16.8 Å². The van der Waals surface area contributed by atoms with Gasteiger partial charge in [0.05, 0.1) is 11.1 Å². The minimum Gasteiger partial charge on any atom is -0.550 e. The molecule has 1 fully saturated rings. The number of fused-ring (bicyclic) bond motifs is 1. The Balaban J connectivity index is 1.50. The van der Waals surface area contributed by atoms with E-state index in [1.54, 1.807) is 24.3 Å². The van der Waals surface area contributed by atoms with Gasteiger partial charge in [-0.3, -0.25) is 19.3 Å². The number of anilines is 1. The molecule has 1 aliphatic carbocycles. The minimum atomic E-state index is -1.17. The van der Waals surface area contributed by atoms with Crippen molar-refractivity contribution in [2.24, 2.45) is 0 Å². The van der Waals surface area contributed by atoms with Crippen molar-refractivity contribution >= 4 is 29.4 Å². The maximum Gasteiger partial charge on any atom is 0.261 e. The minimum absolute atomic E-state index is 0.0667. The number of carbonyl (C=O) groups is 4. The van der Waals surface area contributed by atoms with Crippen LogP contribution in [0.5, 0.6) is 0 Å². The topological polar surface area (TPSA) is 107 Å². The molecule has 3 amide bonds. The van der Waals surface area contributed by atoms with Gasteiger partial charge in [-0.1, -0.05) is 31.4 Å². The molecule has 2 aromatic carbocycles. The average molecular weight is 405 g/mol. The molecule has 0 spiro atoms. The highest BCUT2D eigenvalue weighted by atomic mass is 16.4. The molecule has 0 radical (unpaired) electrons. The second-order valence-corrected chi connectivity index (χ2v) is 7.73. The lowest BCUT2D eigenvalue weighted by atomic mass is 9.94. The standard InChI is InChI=1S/C23H22N2O5/c26-20(27)12-14-6-9-16(10-7-14)24-21(28)15-8-11-18-19(13-15)23(30)25(22(18)29)17-4-2-1-3-5-17/h6-11,13,17H,1-5,12H2,(H,24,28)(H,26,27)/p-1. The molecule has 7 heteroatoms. The number of carbonyl (C=O) groups excluding carboxylic acids is 4. The highest BCUT2D eigenvalue weighted by Crippen LogP contribution is 2.31. The van der Waals surface area contributed by atoms with Crippen molar-refractivity contribution in [1.82, 2.24) is 4.90 Å². The van der Waals surface area contributed by atoms with Crippen molar-refractivity contribution in [2.75, 3.05) is 5.32 Å². The maximum absolute atomic E-state index is 12.9. The van der Waals surface area contributed by atoms with Crippen molar-refractivity contribution in [2.45, 2.75) is 44.6 Å². The van der Waals surface area contributed by atoms with E-state index in [0.717, 1.165) is 32.1 Å². The highest BCUT2D eigenvalue weighted by Gasteiger charge is 2.40. The monoisotopic (exact) mass is 405 g/mol. The molecule has 2 aliphatic rings. The van der Waals surface area contributed by atoms with Gasteiger partial charge in [0.15, 0.2) is 0 Å². The summed E-state index contributed by atoms with van der Waals surface area (Å²) in [5.74, 6) is -2.20. The molecule has 1 saturated carbocycles. The Morgan fingerprint density at radius 2 is 1.60 bits per heavy atom. The zero-order valence-electron chi connectivity index (χ0n) is 16.3. The third kappa shape index (κ3) is 3.83. The number of nitrogens with zero attached hydrogens (tertiary/aromatic N) is 1. The van der Waals surface area contributed by atoms with E-state index in [1.165, 1.54) is 23.1 Å². The van der Waals surface area contributed by atoms with Crippen LogP contribution in [0.4, 0.5) is 5.69 Å². The van der Waals surface area contributed by atoms with Gasteiger partial charge in [0, 0.05) is 29.7 Å². The molecule has 2 aromatic rings.